The van der Waals surface area contributed by atoms with Crippen molar-refractivity contribution in [2.75, 3.05) is 44.4 Å². The molecule has 1 aliphatic rings. The molecular weight excluding hydrogens is 326 g/mol. The Kier molecular flexibility index (Phi) is 6.86. The molecule has 1 aromatic rings. The van der Waals surface area contributed by atoms with E-state index in [1.165, 1.54) is 5.69 Å². The van der Waals surface area contributed by atoms with Crippen LogP contribution in [0.5, 0.6) is 0 Å². The second-order valence-corrected chi connectivity index (χ2v) is 7.74. The Labute approximate surface area is 144 Å². The summed E-state index contributed by atoms with van der Waals surface area (Å²) in [4.78, 5) is 6.59. The van der Waals surface area contributed by atoms with Crippen LogP contribution < -0.4 is 20.3 Å². The smallest absolute Gasteiger partial charge is 0.208 e. The Morgan fingerprint density at radius 3 is 2.46 bits per heavy atom. The van der Waals surface area contributed by atoms with Gasteiger partial charge in [0.1, 0.15) is 0 Å². The first-order valence-electron chi connectivity index (χ1n) is 8.20. The van der Waals surface area contributed by atoms with E-state index >= 15 is 0 Å². The van der Waals surface area contributed by atoms with Crippen molar-refractivity contribution in [3.63, 3.8) is 0 Å². The molecule has 3 N–H and O–H groups in total. The zero-order valence-electron chi connectivity index (χ0n) is 14.3. The minimum Gasteiger partial charge on any atom is -0.371 e. The molecule has 1 aliphatic heterocycles. The van der Waals surface area contributed by atoms with Gasteiger partial charge in [-0.1, -0.05) is 18.2 Å². The van der Waals surface area contributed by atoms with Crippen LogP contribution >= 0.6 is 0 Å². The number of hydrogen-bond acceptors (Lipinski definition) is 4. The van der Waals surface area contributed by atoms with Gasteiger partial charge in [-0.15, -0.1) is 0 Å². The maximum Gasteiger partial charge on any atom is 0.208 e. The molecule has 1 heterocycles. The van der Waals surface area contributed by atoms with Crippen LogP contribution in [-0.2, 0) is 10.0 Å². The van der Waals surface area contributed by atoms with E-state index in [1.807, 2.05) is 6.07 Å². The Balaban J connectivity index is 1.71. The first kappa shape index (κ1) is 18.5. The predicted octanol–water partition coefficient (Wildman–Crippen LogP) is 0.370. The number of guanidine groups is 1. The van der Waals surface area contributed by atoms with Crippen LogP contribution in [0.3, 0.4) is 0 Å². The normalized spacial score (nSPS) is 16.9. The molecule has 24 heavy (non-hydrogen) atoms. The molecule has 1 aromatic carbocycles. The van der Waals surface area contributed by atoms with Crippen LogP contribution in [0.1, 0.15) is 12.8 Å². The fraction of sp³-hybridized carbons (Fsp3) is 0.562. The molecule has 1 saturated heterocycles. The van der Waals surface area contributed by atoms with Crippen molar-refractivity contribution in [3.05, 3.63) is 30.3 Å². The Bertz CT molecular complexity index is 625. The molecule has 8 heteroatoms. The van der Waals surface area contributed by atoms with E-state index in [1.54, 1.807) is 7.05 Å². The highest BCUT2D eigenvalue weighted by Crippen LogP contribution is 2.19. The summed E-state index contributed by atoms with van der Waals surface area (Å²) >= 11 is 0. The summed E-state index contributed by atoms with van der Waals surface area (Å²) in [7, 11) is -1.42. The zero-order chi connectivity index (χ0) is 17.4. The standard InChI is InChI=1S/C16H27N5O2S/c1-17-16(18-10-11-19-24(2,22)23)20-14-8-12-21(13-9-14)15-6-4-3-5-7-15/h3-7,14,19H,8-13H2,1-2H3,(H2,17,18,20). The van der Waals surface area contributed by atoms with E-state index < -0.39 is 10.0 Å². The molecule has 0 aromatic heterocycles. The van der Waals surface area contributed by atoms with Gasteiger partial charge >= 0.3 is 0 Å². The van der Waals surface area contributed by atoms with Crippen LogP contribution in [-0.4, -0.2) is 59.9 Å². The predicted molar refractivity (Wildman–Crippen MR) is 99.0 cm³/mol. The average molecular weight is 353 g/mol. The number of anilines is 1. The topological polar surface area (TPSA) is 85.8 Å². The molecule has 0 spiro atoms. The lowest BCUT2D eigenvalue weighted by Gasteiger charge is -2.34. The lowest BCUT2D eigenvalue weighted by Crippen LogP contribution is -2.49. The lowest BCUT2D eigenvalue weighted by atomic mass is 10.0. The number of nitrogens with one attached hydrogen (secondary N) is 3. The maximum atomic E-state index is 11.0. The Morgan fingerprint density at radius 2 is 1.88 bits per heavy atom. The van der Waals surface area contributed by atoms with Gasteiger partial charge in [0.15, 0.2) is 5.96 Å². The van der Waals surface area contributed by atoms with Crippen LogP contribution in [0.25, 0.3) is 0 Å². The van der Waals surface area contributed by atoms with Crippen molar-refractivity contribution in [1.82, 2.24) is 15.4 Å². The minimum absolute atomic E-state index is 0.339. The number of sulfonamides is 1. The number of hydrogen-bond donors (Lipinski definition) is 3. The monoisotopic (exact) mass is 353 g/mol. The Morgan fingerprint density at radius 1 is 1.21 bits per heavy atom. The quantitative estimate of drug-likeness (QED) is 0.391. The number of aliphatic imine (C=N–C) groups is 1. The summed E-state index contributed by atoms with van der Waals surface area (Å²) in [5.74, 6) is 0.712. The number of rotatable bonds is 6. The molecule has 0 radical (unpaired) electrons. The molecule has 7 nitrogen and oxygen atoms in total. The van der Waals surface area contributed by atoms with E-state index in [4.69, 9.17) is 0 Å². The average Bonchev–Trinajstić information content (AvgIpc) is 2.58. The van der Waals surface area contributed by atoms with Crippen molar-refractivity contribution >= 4 is 21.7 Å². The van der Waals surface area contributed by atoms with E-state index in [9.17, 15) is 8.42 Å². The van der Waals surface area contributed by atoms with E-state index in [-0.39, 0.29) is 0 Å². The van der Waals surface area contributed by atoms with Gasteiger partial charge in [0.05, 0.1) is 6.26 Å². The number of para-hydroxylation sites is 1. The molecule has 0 saturated carbocycles. The van der Waals surface area contributed by atoms with Crippen molar-refractivity contribution in [2.24, 2.45) is 4.99 Å². The number of piperidine rings is 1. The summed E-state index contributed by atoms with van der Waals surface area (Å²) < 4.78 is 24.5. The highest BCUT2D eigenvalue weighted by atomic mass is 32.2. The summed E-state index contributed by atoms with van der Waals surface area (Å²) in [5.41, 5.74) is 1.27. The molecule has 0 amide bonds. The lowest BCUT2D eigenvalue weighted by molar-refractivity contribution is 0.461. The largest absolute Gasteiger partial charge is 0.371 e. The first-order valence-corrected chi connectivity index (χ1v) is 10.1. The highest BCUT2D eigenvalue weighted by molar-refractivity contribution is 7.88. The molecule has 0 unspecified atom stereocenters. The van der Waals surface area contributed by atoms with Gasteiger partial charge in [-0.2, -0.15) is 0 Å². The third-order valence-electron chi connectivity index (χ3n) is 3.96. The second-order valence-electron chi connectivity index (χ2n) is 5.91. The third-order valence-corrected chi connectivity index (χ3v) is 4.69. The van der Waals surface area contributed by atoms with Gasteiger partial charge in [0, 0.05) is 45.0 Å². The maximum absolute atomic E-state index is 11.0. The van der Waals surface area contributed by atoms with Crippen LogP contribution in [0, 0.1) is 0 Å². The molecule has 2 rings (SSSR count). The summed E-state index contributed by atoms with van der Waals surface area (Å²) in [6, 6.07) is 10.8. The molecule has 0 atom stereocenters. The third kappa shape index (κ3) is 6.37. The first-order chi connectivity index (χ1) is 11.5. The fourth-order valence-electron chi connectivity index (χ4n) is 2.73. The summed E-state index contributed by atoms with van der Waals surface area (Å²) in [6.45, 7) is 2.85. The molecule has 0 aliphatic carbocycles. The van der Waals surface area contributed by atoms with Gasteiger partial charge in [0.2, 0.25) is 10.0 Å². The van der Waals surface area contributed by atoms with E-state index in [0.717, 1.165) is 32.2 Å². The second kappa shape index (κ2) is 8.89. The van der Waals surface area contributed by atoms with Crippen molar-refractivity contribution in [1.29, 1.82) is 0 Å². The minimum atomic E-state index is -3.14. The summed E-state index contributed by atoms with van der Waals surface area (Å²) in [6.07, 6.45) is 3.23. The van der Waals surface area contributed by atoms with Crippen LogP contribution in [0.4, 0.5) is 5.69 Å². The van der Waals surface area contributed by atoms with Gasteiger partial charge < -0.3 is 15.5 Å². The SMILES string of the molecule is CN=C(NCCNS(C)(=O)=O)NC1CCN(c2ccccc2)CC1. The van der Waals surface area contributed by atoms with Crippen LogP contribution in [0.2, 0.25) is 0 Å². The molecule has 1 fully saturated rings. The Hall–Kier alpha value is -1.80. The molecular formula is C16H27N5O2S. The highest BCUT2D eigenvalue weighted by Gasteiger charge is 2.20. The van der Waals surface area contributed by atoms with E-state index in [0.29, 0.717) is 25.1 Å². The van der Waals surface area contributed by atoms with Crippen LogP contribution in [0.15, 0.2) is 35.3 Å². The van der Waals surface area contributed by atoms with Crippen molar-refractivity contribution in [3.8, 4) is 0 Å². The fourth-order valence-corrected chi connectivity index (χ4v) is 3.20. The number of nitrogens with zero attached hydrogens (tertiary/aromatic N) is 2. The van der Waals surface area contributed by atoms with Crippen molar-refractivity contribution in [2.45, 2.75) is 18.9 Å². The van der Waals surface area contributed by atoms with E-state index in [2.05, 4.69) is 49.5 Å². The van der Waals surface area contributed by atoms with Gasteiger partial charge in [0.25, 0.3) is 0 Å². The van der Waals surface area contributed by atoms with Gasteiger partial charge in [-0.25, -0.2) is 13.1 Å². The zero-order valence-corrected chi connectivity index (χ0v) is 15.1. The molecule has 134 valence electrons. The van der Waals surface area contributed by atoms with Gasteiger partial charge in [-0.3, -0.25) is 4.99 Å². The molecule has 0 bridgehead atoms. The van der Waals surface area contributed by atoms with Crippen molar-refractivity contribution < 1.29 is 8.42 Å². The number of benzene rings is 1. The summed E-state index contributed by atoms with van der Waals surface area (Å²) in [5, 5.41) is 6.54. The van der Waals surface area contributed by atoms with Gasteiger partial charge in [-0.05, 0) is 25.0 Å².